The highest BCUT2D eigenvalue weighted by atomic mass is 16.5. The summed E-state index contributed by atoms with van der Waals surface area (Å²) in [5.41, 5.74) is 1.77. The van der Waals surface area contributed by atoms with Crippen molar-refractivity contribution in [2.75, 3.05) is 13.7 Å². The molecule has 0 amide bonds. The number of ether oxygens (including phenoxy) is 2. The minimum Gasteiger partial charge on any atom is -0.545 e. The summed E-state index contributed by atoms with van der Waals surface area (Å²) in [6.07, 6.45) is 4.26. The Hall–Kier alpha value is -3.61. The minimum atomic E-state index is -1.29. The highest BCUT2D eigenvalue weighted by molar-refractivity contribution is 5.91. The van der Waals surface area contributed by atoms with Crippen LogP contribution in [0.4, 0.5) is 0 Å². The molecule has 2 aromatic carbocycles. The van der Waals surface area contributed by atoms with Crippen LogP contribution in [0.1, 0.15) is 41.9 Å². The van der Waals surface area contributed by atoms with Crippen molar-refractivity contribution in [3.8, 4) is 11.5 Å². The van der Waals surface area contributed by atoms with Gasteiger partial charge in [0.05, 0.1) is 30.7 Å². The van der Waals surface area contributed by atoms with Crippen molar-refractivity contribution in [2.45, 2.75) is 26.8 Å². The fourth-order valence-corrected chi connectivity index (χ4v) is 3.11. The summed E-state index contributed by atoms with van der Waals surface area (Å²) in [5.74, 6) is -0.0346. The summed E-state index contributed by atoms with van der Waals surface area (Å²) in [6.45, 7) is 4.90. The van der Waals surface area contributed by atoms with Crippen LogP contribution in [0.5, 0.6) is 11.5 Å². The molecule has 1 heterocycles. The second kappa shape index (κ2) is 9.26. The van der Waals surface area contributed by atoms with Gasteiger partial charge in [0, 0.05) is 6.54 Å². The number of hydrogen-bond donors (Lipinski definition) is 0. The van der Waals surface area contributed by atoms with E-state index in [1.165, 1.54) is 12.1 Å². The van der Waals surface area contributed by atoms with Crippen LogP contribution in [0.3, 0.4) is 0 Å². The van der Waals surface area contributed by atoms with E-state index in [2.05, 4.69) is 4.98 Å². The van der Waals surface area contributed by atoms with Crippen molar-refractivity contribution in [3.05, 3.63) is 63.6 Å². The van der Waals surface area contributed by atoms with Gasteiger partial charge in [-0.3, -0.25) is 4.79 Å². The topological polar surface area (TPSA) is 93.5 Å². The zero-order chi connectivity index (χ0) is 21.7. The third-order valence-corrected chi connectivity index (χ3v) is 4.61. The van der Waals surface area contributed by atoms with E-state index in [0.29, 0.717) is 35.7 Å². The molecule has 0 unspecified atom stereocenters. The van der Waals surface area contributed by atoms with E-state index in [0.717, 1.165) is 12.0 Å². The summed E-state index contributed by atoms with van der Waals surface area (Å²) >= 11 is 0. The van der Waals surface area contributed by atoms with E-state index in [-0.39, 0.29) is 16.8 Å². The largest absolute Gasteiger partial charge is 0.545 e. The summed E-state index contributed by atoms with van der Waals surface area (Å²) < 4.78 is 12.6. The SMILES string of the molecule is CCCOc1ccc(/C=C/c2nc3cc(C(=O)[O-])ccc3n(CC)c2=O)cc1OC. The summed E-state index contributed by atoms with van der Waals surface area (Å²) in [7, 11) is 1.57. The molecular weight excluding hydrogens is 384 g/mol. The predicted molar refractivity (Wildman–Crippen MR) is 114 cm³/mol. The molecule has 0 fully saturated rings. The standard InChI is InChI=1S/C23H24N2O5/c1-4-12-30-20-11-7-15(13-21(20)29-3)6-9-17-22(26)25(5-2)19-10-8-16(23(27)28)14-18(19)24-17/h6-11,13-14H,4-5,12H2,1-3H3,(H,27,28)/p-1/b9-6+. The van der Waals surface area contributed by atoms with Crippen LogP contribution in [-0.2, 0) is 6.54 Å². The number of benzene rings is 2. The second-order valence-corrected chi connectivity index (χ2v) is 6.63. The number of nitrogens with zero attached hydrogens (tertiary/aromatic N) is 2. The first-order valence-electron chi connectivity index (χ1n) is 9.73. The number of methoxy groups -OCH3 is 1. The number of hydrogen-bond acceptors (Lipinski definition) is 6. The van der Waals surface area contributed by atoms with Gasteiger partial charge in [0.2, 0.25) is 0 Å². The Morgan fingerprint density at radius 1 is 1.13 bits per heavy atom. The zero-order valence-corrected chi connectivity index (χ0v) is 17.2. The van der Waals surface area contributed by atoms with Crippen LogP contribution in [0.25, 0.3) is 23.2 Å². The molecule has 0 aliphatic heterocycles. The lowest BCUT2D eigenvalue weighted by atomic mass is 10.1. The molecule has 0 radical (unpaired) electrons. The van der Waals surface area contributed by atoms with Crippen LogP contribution in [0, 0.1) is 0 Å². The highest BCUT2D eigenvalue weighted by Crippen LogP contribution is 2.29. The monoisotopic (exact) mass is 407 g/mol. The number of fused-ring (bicyclic) bond motifs is 1. The molecule has 30 heavy (non-hydrogen) atoms. The van der Waals surface area contributed by atoms with Crippen molar-refractivity contribution in [1.29, 1.82) is 0 Å². The molecule has 0 saturated heterocycles. The fraction of sp³-hybridized carbons (Fsp3) is 0.261. The number of carboxylic acid groups (broad SMARTS) is 1. The number of carbonyl (C=O) groups excluding carboxylic acids is 1. The molecule has 3 aromatic rings. The molecule has 0 aliphatic rings. The van der Waals surface area contributed by atoms with E-state index < -0.39 is 5.97 Å². The first kappa shape index (κ1) is 21.1. The minimum absolute atomic E-state index is 0.0126. The van der Waals surface area contributed by atoms with Crippen molar-refractivity contribution in [2.24, 2.45) is 0 Å². The van der Waals surface area contributed by atoms with E-state index >= 15 is 0 Å². The molecule has 7 heteroatoms. The number of rotatable bonds is 8. The van der Waals surface area contributed by atoms with E-state index in [4.69, 9.17) is 9.47 Å². The van der Waals surface area contributed by atoms with E-state index in [1.807, 2.05) is 32.0 Å². The van der Waals surface area contributed by atoms with Crippen molar-refractivity contribution < 1.29 is 19.4 Å². The molecule has 156 valence electrons. The Morgan fingerprint density at radius 2 is 1.93 bits per heavy atom. The molecule has 3 rings (SSSR count). The molecule has 0 bridgehead atoms. The van der Waals surface area contributed by atoms with Crippen molar-refractivity contribution in [3.63, 3.8) is 0 Å². The van der Waals surface area contributed by atoms with Gasteiger partial charge in [-0.05, 0) is 54.8 Å². The Balaban J connectivity index is 2.02. The van der Waals surface area contributed by atoms with Gasteiger partial charge in [-0.25, -0.2) is 4.98 Å². The Labute approximate surface area is 174 Å². The fourth-order valence-electron chi connectivity index (χ4n) is 3.11. The molecular formula is C23H23N2O5-. The Bertz CT molecular complexity index is 1160. The van der Waals surface area contributed by atoms with Gasteiger partial charge in [-0.2, -0.15) is 0 Å². The van der Waals surface area contributed by atoms with Gasteiger partial charge in [0.1, 0.15) is 5.69 Å². The summed E-state index contributed by atoms with van der Waals surface area (Å²) in [6, 6.07) is 9.89. The first-order chi connectivity index (χ1) is 14.5. The van der Waals surface area contributed by atoms with Crippen LogP contribution in [0.2, 0.25) is 0 Å². The normalized spacial score (nSPS) is 11.2. The van der Waals surface area contributed by atoms with Crippen LogP contribution < -0.4 is 20.1 Å². The average molecular weight is 407 g/mol. The second-order valence-electron chi connectivity index (χ2n) is 6.63. The van der Waals surface area contributed by atoms with E-state index in [9.17, 15) is 14.7 Å². The molecule has 7 nitrogen and oxygen atoms in total. The zero-order valence-electron chi connectivity index (χ0n) is 17.2. The lowest BCUT2D eigenvalue weighted by Gasteiger charge is -2.11. The van der Waals surface area contributed by atoms with Gasteiger partial charge < -0.3 is 23.9 Å². The van der Waals surface area contributed by atoms with Crippen LogP contribution in [-0.4, -0.2) is 29.2 Å². The van der Waals surface area contributed by atoms with Gasteiger partial charge in [0.25, 0.3) is 5.56 Å². The maximum atomic E-state index is 12.8. The first-order valence-corrected chi connectivity index (χ1v) is 9.73. The average Bonchev–Trinajstić information content (AvgIpc) is 2.76. The smallest absolute Gasteiger partial charge is 0.276 e. The van der Waals surface area contributed by atoms with Crippen molar-refractivity contribution >= 4 is 29.2 Å². The maximum Gasteiger partial charge on any atom is 0.276 e. The van der Waals surface area contributed by atoms with Crippen LogP contribution in [0.15, 0.2) is 41.2 Å². The maximum absolute atomic E-state index is 12.8. The third-order valence-electron chi connectivity index (χ3n) is 4.61. The quantitative estimate of drug-likeness (QED) is 0.570. The molecule has 0 saturated carbocycles. The summed E-state index contributed by atoms with van der Waals surface area (Å²) in [5, 5.41) is 11.2. The molecule has 0 N–H and O–H groups in total. The lowest BCUT2D eigenvalue weighted by Crippen LogP contribution is -2.25. The summed E-state index contributed by atoms with van der Waals surface area (Å²) in [4.78, 5) is 28.4. The Kier molecular flexibility index (Phi) is 6.51. The van der Waals surface area contributed by atoms with Gasteiger partial charge in [-0.1, -0.05) is 25.1 Å². The predicted octanol–water partition coefficient (Wildman–Crippen LogP) is 2.75. The number of aromatic carboxylic acids is 1. The van der Waals surface area contributed by atoms with Gasteiger partial charge in [-0.15, -0.1) is 0 Å². The number of carboxylic acids is 1. The third kappa shape index (κ3) is 4.35. The molecule has 1 aromatic heterocycles. The number of aromatic nitrogens is 2. The number of carbonyl (C=O) groups is 1. The van der Waals surface area contributed by atoms with Gasteiger partial charge >= 0.3 is 0 Å². The molecule has 0 atom stereocenters. The molecule has 0 aliphatic carbocycles. The van der Waals surface area contributed by atoms with E-state index in [1.54, 1.807) is 29.9 Å². The van der Waals surface area contributed by atoms with Crippen molar-refractivity contribution in [1.82, 2.24) is 9.55 Å². The Morgan fingerprint density at radius 3 is 2.60 bits per heavy atom. The lowest BCUT2D eigenvalue weighted by molar-refractivity contribution is -0.255. The van der Waals surface area contributed by atoms with Crippen LogP contribution >= 0.6 is 0 Å². The highest BCUT2D eigenvalue weighted by Gasteiger charge is 2.10. The number of aryl methyl sites for hydroxylation is 1. The molecule has 0 spiro atoms. The van der Waals surface area contributed by atoms with Gasteiger partial charge in [0.15, 0.2) is 11.5 Å².